The smallest absolute Gasteiger partial charge is 0.263 e. The van der Waals surface area contributed by atoms with Gasteiger partial charge in [-0.25, -0.2) is 13.4 Å². The maximum absolute atomic E-state index is 12.3. The van der Waals surface area contributed by atoms with E-state index < -0.39 is 10.0 Å². The second-order valence-corrected chi connectivity index (χ2v) is 8.37. The van der Waals surface area contributed by atoms with Gasteiger partial charge >= 0.3 is 0 Å². The number of carbonyl (C=O) groups excluding carboxylic acids is 1. The van der Waals surface area contributed by atoms with E-state index in [4.69, 9.17) is 0 Å². The van der Waals surface area contributed by atoms with Crippen molar-refractivity contribution in [2.75, 3.05) is 4.72 Å². The Morgan fingerprint density at radius 1 is 1.00 bits per heavy atom. The predicted molar refractivity (Wildman–Crippen MR) is 106 cm³/mol. The van der Waals surface area contributed by atoms with E-state index in [9.17, 15) is 13.2 Å². The van der Waals surface area contributed by atoms with Crippen LogP contribution in [0.2, 0.25) is 0 Å². The van der Waals surface area contributed by atoms with Crippen molar-refractivity contribution in [2.24, 2.45) is 0 Å². The highest BCUT2D eigenvalue weighted by Gasteiger charge is 2.15. The molecule has 140 valence electrons. The number of anilines is 1. The van der Waals surface area contributed by atoms with E-state index in [0.717, 1.165) is 5.56 Å². The third-order valence-electron chi connectivity index (χ3n) is 3.77. The third kappa shape index (κ3) is 5.63. The zero-order valence-electron chi connectivity index (χ0n) is 14.5. The van der Waals surface area contributed by atoms with Crippen LogP contribution in [-0.4, -0.2) is 19.3 Å². The summed E-state index contributed by atoms with van der Waals surface area (Å²) in [5.41, 5.74) is 1.72. The van der Waals surface area contributed by atoms with E-state index in [0.29, 0.717) is 30.2 Å². The standard InChI is InChI=1S/C19H19N3O3S2/c23-18(20-13-15-7-3-1-4-8-15)12-11-16-14-26-19(21-16)22-27(24,25)17-9-5-2-6-10-17/h1-10,14H,11-13H2,(H,20,23)(H,21,22). The van der Waals surface area contributed by atoms with Gasteiger partial charge in [0.05, 0.1) is 10.6 Å². The average Bonchev–Trinajstić information content (AvgIpc) is 3.13. The van der Waals surface area contributed by atoms with Crippen molar-refractivity contribution in [2.45, 2.75) is 24.3 Å². The van der Waals surface area contributed by atoms with Crippen LogP contribution in [0.1, 0.15) is 17.7 Å². The molecule has 0 fully saturated rings. The Bertz CT molecular complexity index is 987. The largest absolute Gasteiger partial charge is 0.352 e. The van der Waals surface area contributed by atoms with E-state index in [1.54, 1.807) is 23.6 Å². The number of rotatable bonds is 8. The summed E-state index contributed by atoms with van der Waals surface area (Å²) in [6, 6.07) is 17.8. The highest BCUT2D eigenvalue weighted by molar-refractivity contribution is 7.93. The van der Waals surface area contributed by atoms with Gasteiger partial charge in [-0.1, -0.05) is 48.5 Å². The van der Waals surface area contributed by atoms with Crippen LogP contribution in [0.5, 0.6) is 0 Å². The predicted octanol–water partition coefficient (Wildman–Crippen LogP) is 3.19. The summed E-state index contributed by atoms with van der Waals surface area (Å²) in [5.74, 6) is -0.0710. The highest BCUT2D eigenvalue weighted by Crippen LogP contribution is 2.20. The minimum atomic E-state index is -3.65. The van der Waals surface area contributed by atoms with Gasteiger partial charge in [-0.05, 0) is 24.1 Å². The minimum Gasteiger partial charge on any atom is -0.352 e. The molecule has 6 nitrogen and oxygen atoms in total. The zero-order valence-corrected chi connectivity index (χ0v) is 16.1. The summed E-state index contributed by atoms with van der Waals surface area (Å²) in [5, 5.41) is 4.91. The number of nitrogens with zero attached hydrogens (tertiary/aromatic N) is 1. The molecule has 0 saturated heterocycles. The van der Waals surface area contributed by atoms with Gasteiger partial charge in [0.15, 0.2) is 5.13 Å². The van der Waals surface area contributed by atoms with Crippen molar-refractivity contribution in [1.82, 2.24) is 10.3 Å². The molecular formula is C19H19N3O3S2. The molecule has 2 aromatic carbocycles. The fourth-order valence-electron chi connectivity index (χ4n) is 2.37. The molecule has 0 saturated carbocycles. The van der Waals surface area contributed by atoms with Crippen molar-refractivity contribution in [3.63, 3.8) is 0 Å². The summed E-state index contributed by atoms with van der Waals surface area (Å²) in [6.45, 7) is 0.485. The normalized spacial score (nSPS) is 11.1. The molecule has 0 aliphatic heterocycles. The number of aryl methyl sites for hydroxylation is 1. The topological polar surface area (TPSA) is 88.2 Å². The van der Waals surface area contributed by atoms with Crippen LogP contribution in [0, 0.1) is 0 Å². The van der Waals surface area contributed by atoms with Crippen LogP contribution in [0.4, 0.5) is 5.13 Å². The molecule has 2 N–H and O–H groups in total. The van der Waals surface area contributed by atoms with Crippen molar-refractivity contribution in [1.29, 1.82) is 0 Å². The van der Waals surface area contributed by atoms with Crippen molar-refractivity contribution in [3.8, 4) is 0 Å². The molecule has 1 heterocycles. The molecule has 1 aromatic heterocycles. The summed E-state index contributed by atoms with van der Waals surface area (Å²) < 4.78 is 27.0. The van der Waals surface area contributed by atoms with E-state index in [-0.39, 0.29) is 10.8 Å². The SMILES string of the molecule is O=C(CCc1csc(NS(=O)(=O)c2ccccc2)n1)NCc1ccccc1. The van der Waals surface area contributed by atoms with Crippen LogP contribution in [0.25, 0.3) is 0 Å². The summed E-state index contributed by atoms with van der Waals surface area (Å²) >= 11 is 1.20. The van der Waals surface area contributed by atoms with Crippen LogP contribution in [0.15, 0.2) is 70.9 Å². The molecule has 0 atom stereocenters. The van der Waals surface area contributed by atoms with Gasteiger partial charge in [0.2, 0.25) is 5.91 Å². The second kappa shape index (κ2) is 8.79. The van der Waals surface area contributed by atoms with Crippen LogP contribution in [-0.2, 0) is 27.8 Å². The monoisotopic (exact) mass is 401 g/mol. The number of hydrogen-bond acceptors (Lipinski definition) is 5. The Kier molecular flexibility index (Phi) is 6.20. The molecule has 8 heteroatoms. The number of hydrogen-bond donors (Lipinski definition) is 2. The van der Waals surface area contributed by atoms with E-state index in [1.165, 1.54) is 23.5 Å². The average molecular weight is 402 g/mol. The molecule has 0 unspecified atom stereocenters. The number of sulfonamides is 1. The molecule has 27 heavy (non-hydrogen) atoms. The molecule has 0 radical (unpaired) electrons. The lowest BCUT2D eigenvalue weighted by atomic mass is 10.2. The molecule has 3 rings (SSSR count). The number of nitrogens with one attached hydrogen (secondary N) is 2. The van der Waals surface area contributed by atoms with Gasteiger partial charge in [0.25, 0.3) is 10.0 Å². The van der Waals surface area contributed by atoms with E-state index in [2.05, 4.69) is 15.0 Å². The van der Waals surface area contributed by atoms with Crippen LogP contribution >= 0.6 is 11.3 Å². The zero-order chi connectivity index (χ0) is 19.1. The van der Waals surface area contributed by atoms with Crippen molar-refractivity contribution < 1.29 is 13.2 Å². The Morgan fingerprint density at radius 3 is 2.37 bits per heavy atom. The summed E-state index contributed by atoms with van der Waals surface area (Å²) in [6.07, 6.45) is 0.742. The molecule has 3 aromatic rings. The van der Waals surface area contributed by atoms with Gasteiger partial charge in [-0.15, -0.1) is 11.3 Å². The Labute approximate surface area is 162 Å². The first-order valence-electron chi connectivity index (χ1n) is 8.36. The van der Waals surface area contributed by atoms with Gasteiger partial charge < -0.3 is 5.32 Å². The second-order valence-electron chi connectivity index (χ2n) is 5.82. The number of amides is 1. The number of thiazole rings is 1. The van der Waals surface area contributed by atoms with Gasteiger partial charge in [-0.3, -0.25) is 9.52 Å². The Hall–Kier alpha value is -2.71. The van der Waals surface area contributed by atoms with Gasteiger partial charge in [-0.2, -0.15) is 0 Å². The maximum Gasteiger partial charge on any atom is 0.263 e. The lowest BCUT2D eigenvalue weighted by Gasteiger charge is -2.05. The quantitative estimate of drug-likeness (QED) is 0.607. The lowest BCUT2D eigenvalue weighted by molar-refractivity contribution is -0.121. The van der Waals surface area contributed by atoms with Crippen molar-refractivity contribution >= 4 is 32.4 Å². The lowest BCUT2D eigenvalue weighted by Crippen LogP contribution is -2.23. The first-order chi connectivity index (χ1) is 13.0. The molecule has 0 spiro atoms. The van der Waals surface area contributed by atoms with Crippen LogP contribution < -0.4 is 10.0 Å². The first kappa shape index (κ1) is 19.1. The van der Waals surface area contributed by atoms with Crippen LogP contribution in [0.3, 0.4) is 0 Å². The number of benzene rings is 2. The molecule has 1 amide bonds. The highest BCUT2D eigenvalue weighted by atomic mass is 32.2. The maximum atomic E-state index is 12.3. The number of carbonyl (C=O) groups is 1. The minimum absolute atomic E-state index is 0.0710. The first-order valence-corrected chi connectivity index (χ1v) is 10.7. The fraction of sp³-hybridized carbons (Fsp3) is 0.158. The van der Waals surface area contributed by atoms with E-state index in [1.807, 2.05) is 30.3 Å². The number of aromatic nitrogens is 1. The fourth-order valence-corrected chi connectivity index (χ4v) is 4.39. The van der Waals surface area contributed by atoms with Gasteiger partial charge in [0.1, 0.15) is 0 Å². The summed E-state index contributed by atoms with van der Waals surface area (Å²) in [7, 11) is -3.65. The Morgan fingerprint density at radius 2 is 1.67 bits per heavy atom. The molecular weight excluding hydrogens is 382 g/mol. The van der Waals surface area contributed by atoms with Crippen molar-refractivity contribution in [3.05, 3.63) is 77.3 Å². The Balaban J connectivity index is 1.50. The molecule has 0 aliphatic rings. The molecule has 0 bridgehead atoms. The summed E-state index contributed by atoms with van der Waals surface area (Å²) in [4.78, 5) is 16.4. The van der Waals surface area contributed by atoms with Gasteiger partial charge in [0, 0.05) is 18.3 Å². The third-order valence-corrected chi connectivity index (χ3v) is 6.06. The van der Waals surface area contributed by atoms with E-state index >= 15 is 0 Å². The molecule has 0 aliphatic carbocycles.